The van der Waals surface area contributed by atoms with Gasteiger partial charge in [0.05, 0.1) is 16.9 Å². The van der Waals surface area contributed by atoms with Gasteiger partial charge in [0.2, 0.25) is 0 Å². The molecule has 0 spiro atoms. The fourth-order valence-corrected chi connectivity index (χ4v) is 5.51. The molecular formula is C23H30BrClFN5. The number of nitrogen functional groups attached to an aromatic ring is 1. The zero-order valence-electron chi connectivity index (χ0n) is 17.9. The number of pyridine rings is 1. The SMILES string of the molecule is CC[C@H]1CN(c2ncc(N)cc2Cl)CCN1C1CCN(Cc2ccc(Br)cc2F)CC1. The molecule has 2 saturated heterocycles. The van der Waals surface area contributed by atoms with Crippen molar-refractivity contribution in [2.45, 2.75) is 44.8 Å². The van der Waals surface area contributed by atoms with Gasteiger partial charge in [-0.15, -0.1) is 0 Å². The number of rotatable bonds is 5. The van der Waals surface area contributed by atoms with Gasteiger partial charge < -0.3 is 10.6 Å². The monoisotopic (exact) mass is 509 g/mol. The van der Waals surface area contributed by atoms with Gasteiger partial charge in [-0.3, -0.25) is 9.80 Å². The van der Waals surface area contributed by atoms with E-state index < -0.39 is 0 Å². The van der Waals surface area contributed by atoms with Crippen molar-refractivity contribution in [3.63, 3.8) is 0 Å². The number of nitrogens with zero attached hydrogens (tertiary/aromatic N) is 4. The molecule has 31 heavy (non-hydrogen) atoms. The lowest BCUT2D eigenvalue weighted by molar-refractivity contribution is 0.0607. The van der Waals surface area contributed by atoms with Crippen molar-refractivity contribution in [1.82, 2.24) is 14.8 Å². The van der Waals surface area contributed by atoms with Crippen molar-refractivity contribution in [3.8, 4) is 0 Å². The predicted octanol–water partition coefficient (Wildman–Crippen LogP) is 4.78. The molecule has 2 N–H and O–H groups in total. The van der Waals surface area contributed by atoms with Gasteiger partial charge in [0.15, 0.2) is 0 Å². The molecule has 168 valence electrons. The third-order valence-electron chi connectivity index (χ3n) is 6.58. The Morgan fingerprint density at radius 1 is 1.19 bits per heavy atom. The molecule has 0 unspecified atom stereocenters. The van der Waals surface area contributed by atoms with E-state index in [0.717, 1.165) is 67.8 Å². The molecule has 3 heterocycles. The van der Waals surface area contributed by atoms with Crippen molar-refractivity contribution >= 4 is 39.0 Å². The standard InChI is InChI=1S/C23H30BrClFN5/c1-2-19-15-30(23-21(25)12-18(27)13-28-23)9-10-31(19)20-5-7-29(8-6-20)14-16-3-4-17(24)11-22(16)26/h3-4,11-13,19-20H,2,5-10,14-15,27H2,1H3/t19-/m0/s1. The third kappa shape index (κ3) is 5.33. The molecule has 1 aromatic heterocycles. The van der Waals surface area contributed by atoms with Crippen LogP contribution in [-0.2, 0) is 6.54 Å². The van der Waals surface area contributed by atoms with E-state index in [1.165, 1.54) is 0 Å². The van der Waals surface area contributed by atoms with Gasteiger partial charge in [-0.2, -0.15) is 0 Å². The fraction of sp³-hybridized carbons (Fsp3) is 0.522. The van der Waals surface area contributed by atoms with Crippen molar-refractivity contribution in [2.75, 3.05) is 43.4 Å². The Bertz CT molecular complexity index is 906. The van der Waals surface area contributed by atoms with Crippen LogP contribution in [-0.4, -0.2) is 59.6 Å². The first kappa shape index (κ1) is 22.8. The molecule has 5 nitrogen and oxygen atoms in total. The Kier molecular flexibility index (Phi) is 7.37. The normalized spacial score (nSPS) is 21.5. The lowest BCUT2D eigenvalue weighted by Gasteiger charge is -2.47. The van der Waals surface area contributed by atoms with Crippen molar-refractivity contribution in [3.05, 3.63) is 51.3 Å². The number of hydrogen-bond donors (Lipinski definition) is 1. The molecule has 0 amide bonds. The first-order valence-corrected chi connectivity index (χ1v) is 12.2. The summed E-state index contributed by atoms with van der Waals surface area (Å²) < 4.78 is 15.0. The highest BCUT2D eigenvalue weighted by Gasteiger charge is 2.34. The van der Waals surface area contributed by atoms with E-state index >= 15 is 0 Å². The summed E-state index contributed by atoms with van der Waals surface area (Å²) in [6.07, 6.45) is 5.01. The molecule has 1 aromatic carbocycles. The molecule has 2 fully saturated rings. The number of nitrogens with two attached hydrogens (primary N) is 1. The Morgan fingerprint density at radius 3 is 2.65 bits per heavy atom. The first-order chi connectivity index (χ1) is 14.9. The van der Waals surface area contributed by atoms with Crippen LogP contribution in [0.25, 0.3) is 0 Å². The summed E-state index contributed by atoms with van der Waals surface area (Å²) in [5.74, 6) is 0.703. The van der Waals surface area contributed by atoms with Crippen LogP contribution < -0.4 is 10.6 Å². The third-order valence-corrected chi connectivity index (χ3v) is 7.35. The summed E-state index contributed by atoms with van der Waals surface area (Å²) in [5, 5.41) is 0.622. The number of anilines is 2. The summed E-state index contributed by atoms with van der Waals surface area (Å²) in [4.78, 5) is 11.8. The molecule has 0 bridgehead atoms. The molecule has 0 saturated carbocycles. The molecule has 2 aliphatic heterocycles. The Hall–Kier alpha value is -1.41. The summed E-state index contributed by atoms with van der Waals surface area (Å²) >= 11 is 9.74. The molecule has 2 aromatic rings. The molecule has 4 rings (SSSR count). The first-order valence-electron chi connectivity index (χ1n) is 11.0. The number of piperidine rings is 1. The lowest BCUT2D eigenvalue weighted by atomic mass is 9.97. The van der Waals surface area contributed by atoms with Crippen LogP contribution in [0.5, 0.6) is 0 Å². The number of likely N-dealkylation sites (tertiary alicyclic amines) is 1. The highest BCUT2D eigenvalue weighted by molar-refractivity contribution is 9.10. The molecular weight excluding hydrogens is 481 g/mol. The van der Waals surface area contributed by atoms with E-state index in [1.807, 2.05) is 12.1 Å². The lowest BCUT2D eigenvalue weighted by Crippen LogP contribution is -2.58. The molecule has 2 aliphatic rings. The van der Waals surface area contributed by atoms with Crippen LogP contribution in [0.15, 0.2) is 34.9 Å². The van der Waals surface area contributed by atoms with Gasteiger partial charge in [-0.1, -0.05) is 40.5 Å². The summed E-state index contributed by atoms with van der Waals surface area (Å²) in [6, 6.07) is 8.18. The summed E-state index contributed by atoms with van der Waals surface area (Å²) in [6.45, 7) is 7.79. The zero-order valence-corrected chi connectivity index (χ0v) is 20.2. The minimum absolute atomic E-state index is 0.131. The molecule has 8 heteroatoms. The van der Waals surface area contributed by atoms with Gasteiger partial charge >= 0.3 is 0 Å². The van der Waals surface area contributed by atoms with E-state index in [0.29, 0.717) is 29.3 Å². The summed E-state index contributed by atoms with van der Waals surface area (Å²) in [5.41, 5.74) is 7.17. The highest BCUT2D eigenvalue weighted by Crippen LogP contribution is 2.30. The second kappa shape index (κ2) is 10.0. The van der Waals surface area contributed by atoms with Gasteiger partial charge in [-0.05, 0) is 50.6 Å². The van der Waals surface area contributed by atoms with Crippen LogP contribution >= 0.6 is 27.5 Å². The predicted molar refractivity (Wildman–Crippen MR) is 129 cm³/mol. The zero-order chi connectivity index (χ0) is 22.0. The van der Waals surface area contributed by atoms with Crippen LogP contribution in [0.2, 0.25) is 5.02 Å². The van der Waals surface area contributed by atoms with Crippen molar-refractivity contribution < 1.29 is 4.39 Å². The average Bonchev–Trinajstić information content (AvgIpc) is 2.76. The van der Waals surface area contributed by atoms with E-state index in [4.69, 9.17) is 17.3 Å². The van der Waals surface area contributed by atoms with E-state index in [1.54, 1.807) is 18.3 Å². The molecule has 0 aliphatic carbocycles. The number of halogens is 3. The summed E-state index contributed by atoms with van der Waals surface area (Å²) in [7, 11) is 0. The van der Waals surface area contributed by atoms with Crippen LogP contribution in [0, 0.1) is 5.82 Å². The van der Waals surface area contributed by atoms with Gasteiger partial charge in [-0.25, -0.2) is 9.37 Å². The largest absolute Gasteiger partial charge is 0.397 e. The molecule has 0 radical (unpaired) electrons. The number of hydrogen-bond acceptors (Lipinski definition) is 5. The maximum Gasteiger partial charge on any atom is 0.147 e. The quantitative estimate of drug-likeness (QED) is 0.627. The fourth-order valence-electron chi connectivity index (χ4n) is 4.88. The van der Waals surface area contributed by atoms with Crippen LogP contribution in [0.1, 0.15) is 31.7 Å². The number of aromatic nitrogens is 1. The van der Waals surface area contributed by atoms with Gasteiger partial charge in [0.1, 0.15) is 11.6 Å². The Balaban J connectivity index is 1.34. The van der Waals surface area contributed by atoms with Crippen LogP contribution in [0.3, 0.4) is 0 Å². The van der Waals surface area contributed by atoms with Gasteiger partial charge in [0, 0.05) is 48.3 Å². The van der Waals surface area contributed by atoms with Gasteiger partial charge in [0.25, 0.3) is 0 Å². The Labute approximate surface area is 197 Å². The highest BCUT2D eigenvalue weighted by atomic mass is 79.9. The average molecular weight is 511 g/mol. The van der Waals surface area contributed by atoms with Crippen molar-refractivity contribution in [2.24, 2.45) is 0 Å². The Morgan fingerprint density at radius 2 is 1.97 bits per heavy atom. The smallest absolute Gasteiger partial charge is 0.147 e. The second-order valence-corrected chi connectivity index (χ2v) is 9.89. The molecule has 1 atom stereocenters. The van der Waals surface area contributed by atoms with Crippen LogP contribution in [0.4, 0.5) is 15.9 Å². The number of piperazine rings is 1. The number of benzene rings is 1. The minimum atomic E-state index is -0.131. The maximum atomic E-state index is 14.2. The van der Waals surface area contributed by atoms with Crippen molar-refractivity contribution in [1.29, 1.82) is 0 Å². The van der Waals surface area contributed by atoms with E-state index in [-0.39, 0.29) is 5.82 Å². The maximum absolute atomic E-state index is 14.2. The topological polar surface area (TPSA) is 48.6 Å². The van der Waals surface area contributed by atoms with E-state index in [2.05, 4.69) is 42.5 Å². The second-order valence-electron chi connectivity index (χ2n) is 8.56. The van der Waals surface area contributed by atoms with E-state index in [9.17, 15) is 4.39 Å². The minimum Gasteiger partial charge on any atom is -0.397 e.